The first-order valence-electron chi connectivity index (χ1n) is 5.29. The van der Waals surface area contributed by atoms with E-state index in [1.54, 1.807) is 13.0 Å². The van der Waals surface area contributed by atoms with Gasteiger partial charge in [0.2, 0.25) is 5.89 Å². The largest absolute Gasteiger partial charge is 0.340 e. The van der Waals surface area contributed by atoms with Crippen molar-refractivity contribution >= 4 is 0 Å². The zero-order valence-corrected chi connectivity index (χ0v) is 9.64. The molecular weight excluding hydrogens is 223 g/mol. The van der Waals surface area contributed by atoms with Gasteiger partial charge in [0.25, 0.3) is 0 Å². The van der Waals surface area contributed by atoms with Crippen LogP contribution in [0.4, 0.5) is 4.39 Å². The number of aromatic nitrogens is 3. The van der Waals surface area contributed by atoms with E-state index in [0.717, 1.165) is 5.69 Å². The second-order valence-electron chi connectivity index (χ2n) is 3.73. The molecule has 0 aliphatic heterocycles. The Kier molecular flexibility index (Phi) is 3.43. The number of nitrogens with zero attached hydrogens (tertiary/aromatic N) is 3. The molecule has 6 heteroatoms. The Morgan fingerprint density at radius 3 is 2.88 bits per heavy atom. The number of pyridine rings is 1. The van der Waals surface area contributed by atoms with Gasteiger partial charge in [-0.3, -0.25) is 4.98 Å². The number of halogens is 1. The van der Waals surface area contributed by atoms with Gasteiger partial charge in [0, 0.05) is 13.0 Å². The fourth-order valence-corrected chi connectivity index (χ4v) is 1.41. The van der Waals surface area contributed by atoms with E-state index in [2.05, 4.69) is 20.4 Å². The molecule has 0 fully saturated rings. The van der Waals surface area contributed by atoms with Gasteiger partial charge in [-0.1, -0.05) is 5.16 Å². The highest BCUT2D eigenvalue weighted by molar-refractivity contribution is 5.09. The van der Waals surface area contributed by atoms with Crippen LogP contribution in [0.1, 0.15) is 30.4 Å². The van der Waals surface area contributed by atoms with Crippen molar-refractivity contribution in [3.63, 3.8) is 0 Å². The molecule has 0 amide bonds. The van der Waals surface area contributed by atoms with E-state index in [-0.39, 0.29) is 11.9 Å². The molecule has 5 nitrogen and oxygen atoms in total. The highest BCUT2D eigenvalue weighted by Gasteiger charge is 2.08. The summed E-state index contributed by atoms with van der Waals surface area (Å²) in [7, 11) is 0. The maximum atomic E-state index is 12.7. The molecule has 0 saturated carbocycles. The first-order chi connectivity index (χ1) is 8.15. The van der Waals surface area contributed by atoms with Crippen molar-refractivity contribution in [2.75, 3.05) is 0 Å². The summed E-state index contributed by atoms with van der Waals surface area (Å²) in [6, 6.07) is 3.03. The third-order valence-corrected chi connectivity index (χ3v) is 2.33. The Morgan fingerprint density at radius 2 is 2.29 bits per heavy atom. The van der Waals surface area contributed by atoms with Gasteiger partial charge in [-0.2, -0.15) is 4.98 Å². The van der Waals surface area contributed by atoms with Crippen LogP contribution in [0.2, 0.25) is 0 Å². The number of hydrogen-bond acceptors (Lipinski definition) is 5. The van der Waals surface area contributed by atoms with E-state index in [1.807, 2.05) is 6.92 Å². The van der Waals surface area contributed by atoms with E-state index in [0.29, 0.717) is 18.3 Å². The molecule has 2 aromatic rings. The molecule has 0 saturated heterocycles. The monoisotopic (exact) mass is 236 g/mol. The minimum atomic E-state index is -0.338. The summed E-state index contributed by atoms with van der Waals surface area (Å²) in [5.41, 5.74) is 0.770. The molecule has 2 heterocycles. The van der Waals surface area contributed by atoms with Crippen molar-refractivity contribution in [1.82, 2.24) is 20.4 Å². The van der Waals surface area contributed by atoms with Gasteiger partial charge >= 0.3 is 0 Å². The third-order valence-electron chi connectivity index (χ3n) is 2.33. The van der Waals surface area contributed by atoms with E-state index in [9.17, 15) is 4.39 Å². The Labute approximate surface area is 98.1 Å². The maximum absolute atomic E-state index is 12.7. The smallest absolute Gasteiger partial charge is 0.223 e. The van der Waals surface area contributed by atoms with Crippen LogP contribution < -0.4 is 5.32 Å². The summed E-state index contributed by atoms with van der Waals surface area (Å²) in [5, 5.41) is 6.94. The Bertz CT molecular complexity index is 482. The van der Waals surface area contributed by atoms with E-state index < -0.39 is 0 Å². The molecule has 90 valence electrons. The first kappa shape index (κ1) is 11.7. The fraction of sp³-hybridized carbons (Fsp3) is 0.364. The lowest BCUT2D eigenvalue weighted by atomic mass is 10.2. The molecular formula is C11H13FN4O. The van der Waals surface area contributed by atoms with Crippen molar-refractivity contribution in [1.29, 1.82) is 0 Å². The SMILES string of the molecule is Cc1nc(CNC(C)c2ccc(F)cn2)no1. The van der Waals surface area contributed by atoms with Crippen LogP contribution in [0.5, 0.6) is 0 Å². The lowest BCUT2D eigenvalue weighted by molar-refractivity contribution is 0.384. The van der Waals surface area contributed by atoms with Crippen molar-refractivity contribution in [2.45, 2.75) is 26.4 Å². The summed E-state index contributed by atoms with van der Waals surface area (Å²) in [6.45, 7) is 4.16. The van der Waals surface area contributed by atoms with Crippen LogP contribution in [0.25, 0.3) is 0 Å². The van der Waals surface area contributed by atoms with Crippen LogP contribution >= 0.6 is 0 Å². The van der Waals surface area contributed by atoms with Crippen molar-refractivity contribution in [2.24, 2.45) is 0 Å². The average Bonchev–Trinajstić information content (AvgIpc) is 2.73. The molecule has 0 aliphatic carbocycles. The molecule has 1 unspecified atom stereocenters. The van der Waals surface area contributed by atoms with E-state index in [4.69, 9.17) is 4.52 Å². The second kappa shape index (κ2) is 5.01. The van der Waals surface area contributed by atoms with Gasteiger partial charge in [0.15, 0.2) is 5.82 Å². The highest BCUT2D eigenvalue weighted by Crippen LogP contribution is 2.09. The predicted octanol–water partition coefficient (Wildman–Crippen LogP) is 1.76. The van der Waals surface area contributed by atoms with Crippen molar-refractivity contribution in [3.8, 4) is 0 Å². The fourth-order valence-electron chi connectivity index (χ4n) is 1.41. The molecule has 1 N–H and O–H groups in total. The summed E-state index contributed by atoms with van der Waals surface area (Å²) in [6.07, 6.45) is 1.20. The standard InChI is InChI=1S/C11H13FN4O/c1-7(10-4-3-9(12)5-14-10)13-6-11-15-8(2)17-16-11/h3-5,7,13H,6H2,1-2H3. The van der Waals surface area contributed by atoms with E-state index in [1.165, 1.54) is 12.3 Å². The molecule has 0 radical (unpaired) electrons. The summed E-state index contributed by atoms with van der Waals surface area (Å²) < 4.78 is 17.5. The zero-order chi connectivity index (χ0) is 12.3. The van der Waals surface area contributed by atoms with Crippen LogP contribution in [-0.2, 0) is 6.54 Å². The van der Waals surface area contributed by atoms with Crippen LogP contribution in [0.15, 0.2) is 22.9 Å². The summed E-state index contributed by atoms with van der Waals surface area (Å²) in [4.78, 5) is 8.06. The molecule has 0 bridgehead atoms. The maximum Gasteiger partial charge on any atom is 0.223 e. The Hall–Kier alpha value is -1.82. The molecule has 17 heavy (non-hydrogen) atoms. The van der Waals surface area contributed by atoms with Gasteiger partial charge < -0.3 is 9.84 Å². The number of rotatable bonds is 4. The van der Waals surface area contributed by atoms with Gasteiger partial charge in [-0.05, 0) is 19.1 Å². The quantitative estimate of drug-likeness (QED) is 0.876. The van der Waals surface area contributed by atoms with Gasteiger partial charge in [0.05, 0.1) is 18.4 Å². The number of hydrogen-bond donors (Lipinski definition) is 1. The zero-order valence-electron chi connectivity index (χ0n) is 9.64. The topological polar surface area (TPSA) is 63.8 Å². The minimum absolute atomic E-state index is 0.00518. The second-order valence-corrected chi connectivity index (χ2v) is 3.73. The normalized spacial score (nSPS) is 12.6. The highest BCUT2D eigenvalue weighted by atomic mass is 19.1. The summed E-state index contributed by atoms with van der Waals surface area (Å²) >= 11 is 0. The summed E-state index contributed by atoms with van der Waals surface area (Å²) in [5.74, 6) is 0.792. The van der Waals surface area contributed by atoms with Gasteiger partial charge in [-0.25, -0.2) is 4.39 Å². The van der Waals surface area contributed by atoms with Crippen LogP contribution in [0, 0.1) is 12.7 Å². The van der Waals surface area contributed by atoms with Crippen molar-refractivity contribution in [3.05, 3.63) is 41.6 Å². The van der Waals surface area contributed by atoms with Crippen LogP contribution in [0.3, 0.4) is 0 Å². The number of aryl methyl sites for hydroxylation is 1. The van der Waals surface area contributed by atoms with Gasteiger partial charge in [0.1, 0.15) is 5.82 Å². The first-order valence-corrected chi connectivity index (χ1v) is 5.29. The van der Waals surface area contributed by atoms with E-state index >= 15 is 0 Å². The third kappa shape index (κ3) is 3.07. The average molecular weight is 236 g/mol. The molecule has 2 aromatic heterocycles. The van der Waals surface area contributed by atoms with Crippen molar-refractivity contribution < 1.29 is 8.91 Å². The van der Waals surface area contributed by atoms with Crippen LogP contribution in [-0.4, -0.2) is 15.1 Å². The molecule has 2 rings (SSSR count). The molecule has 0 spiro atoms. The minimum Gasteiger partial charge on any atom is -0.340 e. The lowest BCUT2D eigenvalue weighted by Crippen LogP contribution is -2.19. The Morgan fingerprint density at radius 1 is 1.47 bits per heavy atom. The molecule has 0 aromatic carbocycles. The molecule has 1 atom stereocenters. The predicted molar refractivity (Wildman–Crippen MR) is 58.5 cm³/mol. The Balaban J connectivity index is 1.93. The lowest BCUT2D eigenvalue weighted by Gasteiger charge is -2.11. The number of nitrogens with one attached hydrogen (secondary N) is 1. The van der Waals surface area contributed by atoms with Gasteiger partial charge in [-0.15, -0.1) is 0 Å². The molecule has 0 aliphatic rings.